The van der Waals surface area contributed by atoms with Crippen LogP contribution in [-0.4, -0.2) is 36.7 Å². The Morgan fingerprint density at radius 1 is 1.61 bits per heavy atom. The zero-order valence-electron chi connectivity index (χ0n) is 10.5. The van der Waals surface area contributed by atoms with Crippen molar-refractivity contribution >= 4 is 10.0 Å². The first-order chi connectivity index (χ1) is 8.61. The summed E-state index contributed by atoms with van der Waals surface area (Å²) in [5.41, 5.74) is 0. The van der Waals surface area contributed by atoms with Gasteiger partial charge in [-0.25, -0.2) is 18.1 Å². The van der Waals surface area contributed by atoms with E-state index in [0.29, 0.717) is 12.2 Å². The molecule has 1 saturated heterocycles. The highest BCUT2D eigenvalue weighted by atomic mass is 32.2. The number of sulfonamides is 1. The summed E-state index contributed by atoms with van der Waals surface area (Å²) in [6.07, 6.45) is 5.98. The van der Waals surface area contributed by atoms with Crippen LogP contribution in [0.3, 0.4) is 0 Å². The van der Waals surface area contributed by atoms with E-state index in [0.717, 1.165) is 19.4 Å². The van der Waals surface area contributed by atoms with Gasteiger partial charge in [-0.2, -0.15) is 0 Å². The van der Waals surface area contributed by atoms with Gasteiger partial charge >= 0.3 is 0 Å². The molecule has 0 saturated carbocycles. The Kier molecular flexibility index (Phi) is 4.36. The summed E-state index contributed by atoms with van der Waals surface area (Å²) in [6.45, 7) is 2.85. The monoisotopic (exact) mass is 272 g/mol. The summed E-state index contributed by atoms with van der Waals surface area (Å²) in [5.74, 6) is 0.810. The number of aromatic nitrogens is 2. The van der Waals surface area contributed by atoms with E-state index in [1.54, 1.807) is 12.4 Å². The number of hydrogen-bond donors (Lipinski definition) is 3. The van der Waals surface area contributed by atoms with Crippen LogP contribution in [0, 0.1) is 0 Å². The Balaban J connectivity index is 1.97. The molecule has 2 atom stereocenters. The Labute approximate surface area is 108 Å². The minimum atomic E-state index is -3.27. The lowest BCUT2D eigenvalue weighted by Gasteiger charge is -2.17. The van der Waals surface area contributed by atoms with Gasteiger partial charge < -0.3 is 10.3 Å². The van der Waals surface area contributed by atoms with E-state index < -0.39 is 10.0 Å². The fourth-order valence-electron chi connectivity index (χ4n) is 2.23. The molecule has 102 valence electrons. The SMILES string of the molecule is CCC(NS(=O)(=O)CC1CCCN1)c1ncc[nH]1. The van der Waals surface area contributed by atoms with Gasteiger partial charge in [0.1, 0.15) is 5.82 Å². The Morgan fingerprint density at radius 2 is 2.44 bits per heavy atom. The quantitative estimate of drug-likeness (QED) is 0.705. The molecule has 2 unspecified atom stereocenters. The van der Waals surface area contributed by atoms with Gasteiger partial charge in [-0.05, 0) is 25.8 Å². The second kappa shape index (κ2) is 5.81. The van der Waals surface area contributed by atoms with E-state index in [9.17, 15) is 8.42 Å². The molecule has 3 N–H and O–H groups in total. The van der Waals surface area contributed by atoms with E-state index in [4.69, 9.17) is 0 Å². The molecule has 1 aromatic heterocycles. The Morgan fingerprint density at radius 3 is 3.00 bits per heavy atom. The number of nitrogens with zero attached hydrogens (tertiary/aromatic N) is 1. The van der Waals surface area contributed by atoms with Crippen LogP contribution in [0.4, 0.5) is 0 Å². The van der Waals surface area contributed by atoms with Gasteiger partial charge in [0.25, 0.3) is 0 Å². The Bertz CT molecular complexity index is 451. The van der Waals surface area contributed by atoms with Gasteiger partial charge in [0, 0.05) is 18.4 Å². The lowest BCUT2D eigenvalue weighted by molar-refractivity contribution is 0.528. The molecule has 1 aliphatic rings. The highest BCUT2D eigenvalue weighted by molar-refractivity contribution is 7.89. The smallest absolute Gasteiger partial charge is 0.213 e. The topological polar surface area (TPSA) is 86.9 Å². The number of hydrogen-bond acceptors (Lipinski definition) is 4. The molecule has 0 radical (unpaired) electrons. The van der Waals surface area contributed by atoms with Gasteiger partial charge in [0.15, 0.2) is 0 Å². The number of rotatable bonds is 6. The van der Waals surface area contributed by atoms with Gasteiger partial charge in [-0.1, -0.05) is 6.92 Å². The van der Waals surface area contributed by atoms with Crippen molar-refractivity contribution in [3.63, 3.8) is 0 Å². The van der Waals surface area contributed by atoms with Crippen molar-refractivity contribution in [2.75, 3.05) is 12.3 Å². The summed E-state index contributed by atoms with van der Waals surface area (Å²) in [6, 6.07) is -0.192. The van der Waals surface area contributed by atoms with Crippen LogP contribution in [0.15, 0.2) is 12.4 Å². The molecule has 7 heteroatoms. The molecule has 0 aromatic carbocycles. The second-order valence-corrected chi connectivity index (χ2v) is 6.43. The maximum Gasteiger partial charge on any atom is 0.213 e. The lowest BCUT2D eigenvalue weighted by Crippen LogP contribution is -2.38. The summed E-state index contributed by atoms with van der Waals surface area (Å²) < 4.78 is 26.8. The molecule has 18 heavy (non-hydrogen) atoms. The summed E-state index contributed by atoms with van der Waals surface area (Å²) in [7, 11) is -3.27. The highest BCUT2D eigenvalue weighted by Gasteiger charge is 2.25. The number of imidazole rings is 1. The molecule has 1 aromatic rings. The van der Waals surface area contributed by atoms with E-state index in [-0.39, 0.29) is 17.8 Å². The largest absolute Gasteiger partial charge is 0.347 e. The minimum absolute atomic E-state index is 0.0802. The first kappa shape index (κ1) is 13.5. The Hall–Kier alpha value is -0.920. The molecule has 2 heterocycles. The summed E-state index contributed by atoms with van der Waals surface area (Å²) >= 11 is 0. The first-order valence-corrected chi connectivity index (χ1v) is 7.98. The molecule has 1 fully saturated rings. The van der Waals surface area contributed by atoms with Crippen LogP contribution in [0.2, 0.25) is 0 Å². The van der Waals surface area contributed by atoms with Crippen molar-refractivity contribution in [2.45, 2.75) is 38.3 Å². The van der Waals surface area contributed by atoms with Gasteiger partial charge in [-0.15, -0.1) is 0 Å². The predicted octanol–water partition coefficient (Wildman–Crippen LogP) is 0.532. The molecule has 2 rings (SSSR count). The third-order valence-corrected chi connectivity index (χ3v) is 4.65. The lowest BCUT2D eigenvalue weighted by atomic mass is 10.2. The molecular formula is C11H20N4O2S. The normalized spacial score (nSPS) is 22.2. The maximum atomic E-state index is 12.1. The molecule has 1 aliphatic heterocycles. The van der Waals surface area contributed by atoms with E-state index in [1.807, 2.05) is 6.92 Å². The van der Waals surface area contributed by atoms with Crippen molar-refractivity contribution in [1.29, 1.82) is 0 Å². The predicted molar refractivity (Wildman–Crippen MR) is 69.6 cm³/mol. The maximum absolute atomic E-state index is 12.1. The van der Waals surface area contributed by atoms with E-state index >= 15 is 0 Å². The van der Waals surface area contributed by atoms with Crippen LogP contribution >= 0.6 is 0 Å². The van der Waals surface area contributed by atoms with Crippen LogP contribution in [0.5, 0.6) is 0 Å². The van der Waals surface area contributed by atoms with Gasteiger partial charge in [0.05, 0.1) is 11.8 Å². The molecule has 6 nitrogen and oxygen atoms in total. The third-order valence-electron chi connectivity index (χ3n) is 3.16. The highest BCUT2D eigenvalue weighted by Crippen LogP contribution is 2.14. The molecule has 0 bridgehead atoms. The fourth-order valence-corrected chi connectivity index (χ4v) is 3.85. The summed E-state index contributed by atoms with van der Waals surface area (Å²) in [5, 5.41) is 3.20. The van der Waals surface area contributed by atoms with Gasteiger partial charge in [-0.3, -0.25) is 0 Å². The summed E-state index contributed by atoms with van der Waals surface area (Å²) in [4.78, 5) is 7.06. The zero-order valence-corrected chi connectivity index (χ0v) is 11.3. The van der Waals surface area contributed by atoms with Crippen molar-refractivity contribution < 1.29 is 8.42 Å². The van der Waals surface area contributed by atoms with Crippen LogP contribution < -0.4 is 10.0 Å². The minimum Gasteiger partial charge on any atom is -0.347 e. The molecule has 0 amide bonds. The second-order valence-electron chi connectivity index (χ2n) is 4.63. The number of nitrogens with one attached hydrogen (secondary N) is 3. The zero-order chi connectivity index (χ0) is 13.0. The number of aromatic amines is 1. The molecule has 0 spiro atoms. The van der Waals surface area contributed by atoms with E-state index in [2.05, 4.69) is 20.0 Å². The van der Waals surface area contributed by atoms with Crippen molar-refractivity contribution in [1.82, 2.24) is 20.0 Å². The standard InChI is InChI=1S/C11H20N4O2S/c1-2-10(11-13-6-7-14-11)15-18(16,17)8-9-4-3-5-12-9/h6-7,9-10,12,15H,2-5,8H2,1H3,(H,13,14). The van der Waals surface area contributed by atoms with E-state index in [1.165, 1.54) is 0 Å². The van der Waals surface area contributed by atoms with Crippen LogP contribution in [0.25, 0.3) is 0 Å². The van der Waals surface area contributed by atoms with Gasteiger partial charge in [0.2, 0.25) is 10.0 Å². The number of H-pyrrole nitrogens is 1. The van der Waals surface area contributed by atoms with Crippen molar-refractivity contribution in [3.05, 3.63) is 18.2 Å². The fraction of sp³-hybridized carbons (Fsp3) is 0.727. The van der Waals surface area contributed by atoms with Crippen molar-refractivity contribution in [2.24, 2.45) is 0 Å². The van der Waals surface area contributed by atoms with Crippen LogP contribution in [0.1, 0.15) is 38.1 Å². The average molecular weight is 272 g/mol. The average Bonchev–Trinajstić information content (AvgIpc) is 2.97. The first-order valence-electron chi connectivity index (χ1n) is 6.33. The third kappa shape index (κ3) is 3.54. The molecule has 0 aliphatic carbocycles. The van der Waals surface area contributed by atoms with Crippen molar-refractivity contribution in [3.8, 4) is 0 Å². The molecular weight excluding hydrogens is 252 g/mol. The van der Waals surface area contributed by atoms with Crippen LogP contribution in [-0.2, 0) is 10.0 Å².